The third-order valence-electron chi connectivity index (χ3n) is 5.62. The molecule has 204 valence electrons. The minimum atomic E-state index is -0.522. The molecule has 0 aliphatic heterocycles. The molecule has 1 N–H and O–H groups in total. The number of ether oxygens (including phenoxy) is 4. The number of hydrogen-bond donors (Lipinski definition) is 1. The average Bonchev–Trinajstić information content (AvgIpc) is 2.98. The van der Waals surface area contributed by atoms with Crippen LogP contribution in [0.5, 0.6) is 23.0 Å². The molecule has 0 heterocycles. The van der Waals surface area contributed by atoms with Gasteiger partial charge in [-0.15, -0.1) is 0 Å². The predicted molar refractivity (Wildman–Crippen MR) is 152 cm³/mol. The van der Waals surface area contributed by atoms with Crippen LogP contribution < -0.4 is 24.4 Å². The molecular weight excluding hydrogens is 508 g/mol. The summed E-state index contributed by atoms with van der Waals surface area (Å²) in [5.41, 5.74) is 4.91. The van der Waals surface area contributed by atoms with Crippen molar-refractivity contribution in [2.45, 2.75) is 20.5 Å². The van der Waals surface area contributed by atoms with E-state index in [4.69, 9.17) is 18.9 Å². The standard InChI is InChI=1S/C32H30N2O6/c1-3-37-26-17-15-25(16-18-26)32(36)40-29-19-14-24(20-30(29)38-4-2)21-33-34-31(35)27-12-8-9-13-28(27)39-22-23-10-6-5-7-11-23/h5-21H,3-4,22H2,1-2H3,(H,34,35). The summed E-state index contributed by atoms with van der Waals surface area (Å²) in [6.45, 7) is 4.96. The van der Waals surface area contributed by atoms with Crippen molar-refractivity contribution >= 4 is 18.1 Å². The molecule has 4 rings (SSSR count). The fourth-order valence-electron chi connectivity index (χ4n) is 3.71. The lowest BCUT2D eigenvalue weighted by molar-refractivity contribution is 0.0728. The number of carbonyl (C=O) groups excluding carboxylic acids is 2. The SMILES string of the molecule is CCOc1ccc(C(=O)Oc2ccc(C=NNC(=O)c3ccccc3OCc3ccccc3)cc2OCC)cc1. The van der Waals surface area contributed by atoms with Gasteiger partial charge in [-0.3, -0.25) is 4.79 Å². The van der Waals surface area contributed by atoms with Crippen LogP contribution in [0, 0.1) is 0 Å². The minimum Gasteiger partial charge on any atom is -0.494 e. The Kier molecular flexibility index (Phi) is 9.88. The topological polar surface area (TPSA) is 95.5 Å². The molecular formula is C32H30N2O6. The Labute approximate surface area is 233 Å². The van der Waals surface area contributed by atoms with E-state index in [0.717, 1.165) is 5.56 Å². The van der Waals surface area contributed by atoms with Crippen molar-refractivity contribution in [1.29, 1.82) is 0 Å². The molecule has 8 heteroatoms. The molecule has 0 saturated heterocycles. The molecule has 0 spiro atoms. The Balaban J connectivity index is 1.40. The zero-order valence-electron chi connectivity index (χ0n) is 22.3. The quantitative estimate of drug-likeness (QED) is 0.102. The van der Waals surface area contributed by atoms with Crippen molar-refractivity contribution in [3.05, 3.63) is 119 Å². The predicted octanol–water partition coefficient (Wildman–Crippen LogP) is 6.05. The summed E-state index contributed by atoms with van der Waals surface area (Å²) in [4.78, 5) is 25.5. The number of esters is 1. The highest BCUT2D eigenvalue weighted by Crippen LogP contribution is 2.29. The first-order valence-corrected chi connectivity index (χ1v) is 12.9. The molecule has 0 atom stereocenters. The maximum absolute atomic E-state index is 12.8. The van der Waals surface area contributed by atoms with E-state index in [-0.39, 0.29) is 5.75 Å². The number of amides is 1. The highest BCUT2D eigenvalue weighted by molar-refractivity contribution is 5.97. The van der Waals surface area contributed by atoms with Crippen molar-refractivity contribution in [1.82, 2.24) is 5.43 Å². The molecule has 0 aliphatic rings. The van der Waals surface area contributed by atoms with Crippen molar-refractivity contribution < 1.29 is 28.5 Å². The fourth-order valence-corrected chi connectivity index (χ4v) is 3.71. The zero-order valence-corrected chi connectivity index (χ0v) is 22.3. The maximum atomic E-state index is 12.8. The monoisotopic (exact) mass is 538 g/mol. The third kappa shape index (κ3) is 7.70. The smallest absolute Gasteiger partial charge is 0.343 e. The summed E-state index contributed by atoms with van der Waals surface area (Å²) < 4.78 is 22.5. The van der Waals surface area contributed by atoms with E-state index in [1.165, 1.54) is 6.21 Å². The molecule has 0 aliphatic carbocycles. The summed E-state index contributed by atoms with van der Waals surface area (Å²) in [5, 5.41) is 4.08. The Morgan fingerprint density at radius 2 is 1.48 bits per heavy atom. The van der Waals surface area contributed by atoms with Crippen LogP contribution in [0.25, 0.3) is 0 Å². The van der Waals surface area contributed by atoms with Crippen LogP contribution >= 0.6 is 0 Å². The highest BCUT2D eigenvalue weighted by atomic mass is 16.6. The second-order valence-electron chi connectivity index (χ2n) is 8.46. The Morgan fingerprint density at radius 3 is 2.23 bits per heavy atom. The van der Waals surface area contributed by atoms with E-state index in [2.05, 4.69) is 10.5 Å². The average molecular weight is 539 g/mol. The van der Waals surface area contributed by atoms with Gasteiger partial charge in [0, 0.05) is 0 Å². The van der Waals surface area contributed by atoms with E-state index in [1.54, 1.807) is 66.7 Å². The van der Waals surface area contributed by atoms with Gasteiger partial charge in [0.25, 0.3) is 5.91 Å². The normalized spacial score (nSPS) is 10.7. The van der Waals surface area contributed by atoms with Gasteiger partial charge in [-0.2, -0.15) is 5.10 Å². The van der Waals surface area contributed by atoms with Crippen molar-refractivity contribution in [3.63, 3.8) is 0 Å². The van der Waals surface area contributed by atoms with Gasteiger partial charge in [-0.1, -0.05) is 42.5 Å². The first kappa shape index (κ1) is 27.9. The Morgan fingerprint density at radius 1 is 0.750 bits per heavy atom. The lowest BCUT2D eigenvalue weighted by Crippen LogP contribution is -2.18. The molecule has 0 fully saturated rings. The molecule has 4 aromatic rings. The second kappa shape index (κ2) is 14.2. The van der Waals surface area contributed by atoms with Crippen LogP contribution in [0.1, 0.15) is 45.7 Å². The number of para-hydroxylation sites is 1. The molecule has 1 amide bonds. The number of hydrazone groups is 1. The van der Waals surface area contributed by atoms with Crippen LogP contribution in [0.2, 0.25) is 0 Å². The van der Waals surface area contributed by atoms with Gasteiger partial charge >= 0.3 is 5.97 Å². The molecule has 0 radical (unpaired) electrons. The number of hydrogen-bond acceptors (Lipinski definition) is 7. The molecule has 40 heavy (non-hydrogen) atoms. The van der Waals surface area contributed by atoms with Crippen LogP contribution in [-0.2, 0) is 6.61 Å². The van der Waals surface area contributed by atoms with Gasteiger partial charge in [-0.25, -0.2) is 10.2 Å². The molecule has 4 aromatic carbocycles. The second-order valence-corrected chi connectivity index (χ2v) is 8.46. The summed E-state index contributed by atoms with van der Waals surface area (Å²) in [6, 6.07) is 28.4. The van der Waals surface area contributed by atoms with E-state index in [0.29, 0.717) is 53.8 Å². The van der Waals surface area contributed by atoms with Gasteiger partial charge in [-0.05, 0) is 79.6 Å². The van der Waals surface area contributed by atoms with Crippen LogP contribution in [0.4, 0.5) is 0 Å². The van der Waals surface area contributed by atoms with Crippen LogP contribution in [0.15, 0.2) is 102 Å². The van der Waals surface area contributed by atoms with Crippen molar-refractivity contribution in [3.8, 4) is 23.0 Å². The number of nitrogens with zero attached hydrogens (tertiary/aromatic N) is 1. The highest BCUT2D eigenvalue weighted by Gasteiger charge is 2.14. The lowest BCUT2D eigenvalue weighted by atomic mass is 10.2. The third-order valence-corrected chi connectivity index (χ3v) is 5.62. The summed E-state index contributed by atoms with van der Waals surface area (Å²) in [6.07, 6.45) is 1.48. The number of nitrogens with one attached hydrogen (secondary N) is 1. The van der Waals surface area contributed by atoms with Gasteiger partial charge < -0.3 is 18.9 Å². The molecule has 0 aromatic heterocycles. The lowest BCUT2D eigenvalue weighted by Gasteiger charge is -2.12. The number of benzene rings is 4. The fraction of sp³-hybridized carbons (Fsp3) is 0.156. The Bertz CT molecular complexity index is 1450. The van der Waals surface area contributed by atoms with Gasteiger partial charge in [0.05, 0.1) is 30.6 Å². The first-order valence-electron chi connectivity index (χ1n) is 12.9. The molecule has 0 saturated carbocycles. The summed E-state index contributed by atoms with van der Waals surface area (Å²) in [5.74, 6) is 0.837. The van der Waals surface area contributed by atoms with Gasteiger partial charge in [0.2, 0.25) is 0 Å². The first-order chi connectivity index (χ1) is 19.6. The molecule has 0 bridgehead atoms. The van der Waals surface area contributed by atoms with Crippen LogP contribution in [-0.4, -0.2) is 31.3 Å². The summed E-state index contributed by atoms with van der Waals surface area (Å²) >= 11 is 0. The molecule has 8 nitrogen and oxygen atoms in total. The van der Waals surface area contributed by atoms with E-state index in [1.807, 2.05) is 44.2 Å². The van der Waals surface area contributed by atoms with E-state index in [9.17, 15) is 9.59 Å². The number of rotatable bonds is 12. The van der Waals surface area contributed by atoms with E-state index >= 15 is 0 Å². The zero-order chi connectivity index (χ0) is 28.2. The van der Waals surface area contributed by atoms with Crippen molar-refractivity contribution in [2.75, 3.05) is 13.2 Å². The van der Waals surface area contributed by atoms with Gasteiger partial charge in [0.1, 0.15) is 18.1 Å². The van der Waals surface area contributed by atoms with E-state index < -0.39 is 11.9 Å². The summed E-state index contributed by atoms with van der Waals surface area (Å²) in [7, 11) is 0. The molecule has 0 unspecified atom stereocenters. The Hall–Kier alpha value is -5.11. The minimum absolute atomic E-state index is 0.270. The maximum Gasteiger partial charge on any atom is 0.343 e. The largest absolute Gasteiger partial charge is 0.494 e. The van der Waals surface area contributed by atoms with Crippen molar-refractivity contribution in [2.24, 2.45) is 5.10 Å². The number of carbonyl (C=O) groups is 2. The van der Waals surface area contributed by atoms with Crippen LogP contribution in [0.3, 0.4) is 0 Å². The van der Waals surface area contributed by atoms with Gasteiger partial charge in [0.15, 0.2) is 11.5 Å².